The molecule has 0 amide bonds. The first kappa shape index (κ1) is 10.3. The maximum atomic E-state index is 5.98. The van der Waals surface area contributed by atoms with E-state index in [4.69, 9.17) is 17.3 Å². The first-order valence-electron chi connectivity index (χ1n) is 4.57. The van der Waals surface area contributed by atoms with Crippen molar-refractivity contribution in [2.75, 3.05) is 11.1 Å². The minimum atomic E-state index is 0.736. The molecule has 0 saturated carbocycles. The second kappa shape index (κ2) is 4.55. The second-order valence-corrected chi connectivity index (χ2v) is 4.58. The lowest BCUT2D eigenvalue weighted by molar-refractivity contribution is 1.19. The summed E-state index contributed by atoms with van der Waals surface area (Å²) in [6.45, 7) is 0.736. The van der Waals surface area contributed by atoms with E-state index < -0.39 is 0 Å². The van der Waals surface area contributed by atoms with Gasteiger partial charge in [0.15, 0.2) is 0 Å². The molecule has 1 heterocycles. The van der Waals surface area contributed by atoms with Gasteiger partial charge < -0.3 is 11.1 Å². The Morgan fingerprint density at radius 3 is 2.87 bits per heavy atom. The van der Waals surface area contributed by atoms with E-state index in [1.54, 1.807) is 11.3 Å². The van der Waals surface area contributed by atoms with Gasteiger partial charge in [0.2, 0.25) is 0 Å². The average Bonchev–Trinajstić information content (AvgIpc) is 2.61. The van der Waals surface area contributed by atoms with Crippen molar-refractivity contribution in [2.45, 2.75) is 6.54 Å². The van der Waals surface area contributed by atoms with Gasteiger partial charge in [0.05, 0.1) is 11.6 Å². The Morgan fingerprint density at radius 2 is 2.20 bits per heavy atom. The van der Waals surface area contributed by atoms with Crippen LogP contribution in [-0.4, -0.2) is 0 Å². The van der Waals surface area contributed by atoms with Gasteiger partial charge in [-0.25, -0.2) is 0 Å². The lowest BCUT2D eigenvalue weighted by Crippen LogP contribution is -1.98. The SMILES string of the molecule is Nc1cccc(NCc2sccc2Cl)c1. The summed E-state index contributed by atoms with van der Waals surface area (Å²) < 4.78 is 0. The molecule has 4 heteroatoms. The van der Waals surface area contributed by atoms with Gasteiger partial charge in [-0.15, -0.1) is 11.3 Å². The third-order valence-corrected chi connectivity index (χ3v) is 3.42. The van der Waals surface area contributed by atoms with E-state index in [1.165, 1.54) is 0 Å². The molecule has 2 rings (SSSR count). The predicted octanol–water partition coefficient (Wildman–Crippen LogP) is 3.60. The van der Waals surface area contributed by atoms with Crippen LogP contribution in [-0.2, 0) is 6.54 Å². The highest BCUT2D eigenvalue weighted by Crippen LogP contribution is 2.23. The summed E-state index contributed by atoms with van der Waals surface area (Å²) in [6, 6.07) is 9.58. The maximum Gasteiger partial charge on any atom is 0.0563 e. The number of rotatable bonds is 3. The number of hydrogen-bond donors (Lipinski definition) is 2. The maximum absolute atomic E-state index is 5.98. The Kier molecular flexibility index (Phi) is 3.14. The molecule has 0 radical (unpaired) electrons. The lowest BCUT2D eigenvalue weighted by atomic mass is 10.3. The lowest BCUT2D eigenvalue weighted by Gasteiger charge is -2.05. The molecule has 0 aliphatic carbocycles. The van der Waals surface area contributed by atoms with Crippen LogP contribution in [0.25, 0.3) is 0 Å². The van der Waals surface area contributed by atoms with Crippen LogP contribution in [0.2, 0.25) is 5.02 Å². The minimum absolute atomic E-state index is 0.736. The highest BCUT2D eigenvalue weighted by atomic mass is 35.5. The van der Waals surface area contributed by atoms with Crippen molar-refractivity contribution in [1.29, 1.82) is 0 Å². The monoisotopic (exact) mass is 238 g/mol. The number of halogens is 1. The fraction of sp³-hybridized carbons (Fsp3) is 0.0909. The molecule has 0 atom stereocenters. The van der Waals surface area contributed by atoms with Crippen LogP contribution in [0.1, 0.15) is 4.88 Å². The van der Waals surface area contributed by atoms with Gasteiger partial charge in [0, 0.05) is 16.3 Å². The molecule has 0 saturated heterocycles. The molecule has 2 nitrogen and oxygen atoms in total. The Balaban J connectivity index is 2.02. The quantitative estimate of drug-likeness (QED) is 0.802. The normalized spacial score (nSPS) is 10.2. The predicted molar refractivity (Wildman–Crippen MR) is 67.5 cm³/mol. The molecule has 0 spiro atoms. The highest BCUT2D eigenvalue weighted by Gasteiger charge is 2.00. The van der Waals surface area contributed by atoms with Crippen molar-refractivity contribution < 1.29 is 0 Å². The number of nitrogens with two attached hydrogens (primary N) is 1. The zero-order chi connectivity index (χ0) is 10.7. The van der Waals surface area contributed by atoms with Crippen LogP contribution in [0.3, 0.4) is 0 Å². The van der Waals surface area contributed by atoms with Crippen LogP contribution in [0.15, 0.2) is 35.7 Å². The van der Waals surface area contributed by atoms with Crippen LogP contribution >= 0.6 is 22.9 Å². The van der Waals surface area contributed by atoms with Crippen molar-refractivity contribution in [3.05, 3.63) is 45.6 Å². The molecule has 1 aromatic heterocycles. The number of nitrogen functional groups attached to an aromatic ring is 1. The highest BCUT2D eigenvalue weighted by molar-refractivity contribution is 7.10. The molecule has 0 bridgehead atoms. The summed E-state index contributed by atoms with van der Waals surface area (Å²) in [5.41, 5.74) is 7.45. The van der Waals surface area contributed by atoms with Crippen molar-refractivity contribution in [3.8, 4) is 0 Å². The standard InChI is InChI=1S/C11H11ClN2S/c12-10-4-5-15-11(10)7-14-9-3-1-2-8(13)6-9/h1-6,14H,7,13H2. The fourth-order valence-corrected chi connectivity index (χ4v) is 2.32. The number of anilines is 2. The van der Waals surface area contributed by atoms with E-state index in [0.29, 0.717) is 0 Å². The summed E-state index contributed by atoms with van der Waals surface area (Å²) in [5, 5.41) is 6.08. The Morgan fingerprint density at radius 1 is 1.33 bits per heavy atom. The summed E-state index contributed by atoms with van der Waals surface area (Å²) in [6.07, 6.45) is 0. The summed E-state index contributed by atoms with van der Waals surface area (Å²) in [5.74, 6) is 0. The van der Waals surface area contributed by atoms with Gasteiger partial charge in [-0.1, -0.05) is 17.7 Å². The molecule has 78 valence electrons. The van der Waals surface area contributed by atoms with Gasteiger partial charge in [-0.2, -0.15) is 0 Å². The van der Waals surface area contributed by atoms with E-state index in [-0.39, 0.29) is 0 Å². The molecule has 0 aliphatic rings. The summed E-state index contributed by atoms with van der Waals surface area (Å²) in [4.78, 5) is 1.14. The number of nitrogens with one attached hydrogen (secondary N) is 1. The number of benzene rings is 1. The number of thiophene rings is 1. The topological polar surface area (TPSA) is 38.0 Å². The Bertz CT molecular complexity index is 453. The van der Waals surface area contributed by atoms with E-state index in [9.17, 15) is 0 Å². The molecule has 0 fully saturated rings. The second-order valence-electron chi connectivity index (χ2n) is 3.17. The van der Waals surface area contributed by atoms with Crippen molar-refractivity contribution in [3.63, 3.8) is 0 Å². The fourth-order valence-electron chi connectivity index (χ4n) is 1.28. The third kappa shape index (κ3) is 2.64. The van der Waals surface area contributed by atoms with Crippen molar-refractivity contribution in [2.24, 2.45) is 0 Å². The molecular weight excluding hydrogens is 228 g/mol. The summed E-state index contributed by atoms with van der Waals surface area (Å²) >= 11 is 7.63. The van der Waals surface area contributed by atoms with Crippen molar-refractivity contribution in [1.82, 2.24) is 0 Å². The average molecular weight is 239 g/mol. The third-order valence-electron chi connectivity index (χ3n) is 2.03. The molecule has 2 aromatic rings. The van der Waals surface area contributed by atoms with Gasteiger partial charge in [-0.3, -0.25) is 0 Å². The largest absolute Gasteiger partial charge is 0.399 e. The molecule has 15 heavy (non-hydrogen) atoms. The van der Waals surface area contributed by atoms with Crippen LogP contribution in [0, 0.1) is 0 Å². The molecule has 0 unspecified atom stereocenters. The Labute approximate surface area is 97.7 Å². The molecule has 0 aliphatic heterocycles. The van der Waals surface area contributed by atoms with Crippen molar-refractivity contribution >= 4 is 34.3 Å². The Hall–Kier alpha value is -1.19. The van der Waals surface area contributed by atoms with Gasteiger partial charge in [0.1, 0.15) is 0 Å². The first-order valence-corrected chi connectivity index (χ1v) is 5.83. The van der Waals surface area contributed by atoms with Gasteiger partial charge in [-0.05, 0) is 29.6 Å². The van der Waals surface area contributed by atoms with Crippen LogP contribution < -0.4 is 11.1 Å². The van der Waals surface area contributed by atoms with E-state index in [0.717, 1.165) is 27.8 Å². The first-order chi connectivity index (χ1) is 7.25. The zero-order valence-corrected chi connectivity index (χ0v) is 9.61. The van der Waals surface area contributed by atoms with E-state index in [1.807, 2.05) is 35.7 Å². The molecular formula is C11H11ClN2S. The number of hydrogen-bond acceptors (Lipinski definition) is 3. The van der Waals surface area contributed by atoms with Gasteiger partial charge >= 0.3 is 0 Å². The zero-order valence-electron chi connectivity index (χ0n) is 8.03. The minimum Gasteiger partial charge on any atom is -0.399 e. The van der Waals surface area contributed by atoms with E-state index in [2.05, 4.69) is 5.32 Å². The smallest absolute Gasteiger partial charge is 0.0563 e. The molecule has 3 N–H and O–H groups in total. The van der Waals surface area contributed by atoms with Gasteiger partial charge in [0.25, 0.3) is 0 Å². The summed E-state index contributed by atoms with van der Waals surface area (Å²) in [7, 11) is 0. The van der Waals surface area contributed by atoms with Crippen LogP contribution in [0.5, 0.6) is 0 Å². The molecule has 1 aromatic carbocycles. The van der Waals surface area contributed by atoms with E-state index >= 15 is 0 Å². The van der Waals surface area contributed by atoms with Crippen LogP contribution in [0.4, 0.5) is 11.4 Å².